The zero-order chi connectivity index (χ0) is 17.0. The second-order valence-corrected chi connectivity index (χ2v) is 4.41. The number of rotatable bonds is 5. The molecule has 2 rings (SSSR count). The van der Waals surface area contributed by atoms with Gasteiger partial charge in [0.2, 0.25) is 5.91 Å². The second kappa shape index (κ2) is 6.67. The summed E-state index contributed by atoms with van der Waals surface area (Å²) in [6.45, 7) is -0.731. The van der Waals surface area contributed by atoms with Gasteiger partial charge in [-0.15, -0.1) is 5.10 Å². The largest absolute Gasteiger partial charge is 0.433 e. The molecule has 0 bridgehead atoms. The smallest absolute Gasteiger partial charge is 0.308 e. The number of halogens is 5. The minimum atomic E-state index is -4.61. The van der Waals surface area contributed by atoms with Crippen LogP contribution in [0.4, 0.5) is 27.8 Å². The summed E-state index contributed by atoms with van der Waals surface area (Å²) in [5.74, 6) is -0.774. The third-order valence-corrected chi connectivity index (χ3v) is 2.54. The molecule has 0 unspecified atom stereocenters. The Balaban J connectivity index is 1.98. The third kappa shape index (κ3) is 4.97. The lowest BCUT2D eigenvalue weighted by molar-refractivity contribution is -0.141. The summed E-state index contributed by atoms with van der Waals surface area (Å²) in [5.41, 5.74) is -1.19. The highest BCUT2D eigenvalue weighted by Crippen LogP contribution is 2.27. The number of alkyl halides is 5. The van der Waals surface area contributed by atoms with Crippen molar-refractivity contribution in [2.45, 2.75) is 25.6 Å². The van der Waals surface area contributed by atoms with Crippen LogP contribution >= 0.6 is 0 Å². The fourth-order valence-electron chi connectivity index (χ4n) is 1.65. The molecule has 0 aliphatic rings. The highest BCUT2D eigenvalue weighted by Gasteiger charge is 2.32. The van der Waals surface area contributed by atoms with Crippen LogP contribution in [0.5, 0.6) is 0 Å². The average Bonchev–Trinajstić information content (AvgIpc) is 2.84. The van der Waals surface area contributed by atoms with Crippen molar-refractivity contribution in [3.8, 4) is 0 Å². The molecular formula is C12H10F5N5O. The lowest BCUT2D eigenvalue weighted by atomic mass is 10.2. The van der Waals surface area contributed by atoms with Crippen LogP contribution in [-0.2, 0) is 23.9 Å². The molecule has 1 amide bonds. The molecule has 0 spiro atoms. The van der Waals surface area contributed by atoms with Crippen LogP contribution in [0, 0.1) is 0 Å². The van der Waals surface area contributed by atoms with E-state index in [1.54, 1.807) is 0 Å². The van der Waals surface area contributed by atoms with Crippen LogP contribution in [-0.4, -0.2) is 32.3 Å². The molecule has 1 N–H and O–H groups in total. The highest BCUT2D eigenvalue weighted by atomic mass is 19.4. The Morgan fingerprint density at radius 2 is 2.04 bits per heavy atom. The van der Waals surface area contributed by atoms with Crippen molar-refractivity contribution in [1.29, 1.82) is 0 Å². The molecule has 23 heavy (non-hydrogen) atoms. The standard InChI is InChI=1S/C12H10F5N5O/c13-9(14)6-22-18-5-10(21-22)20-11(23)4-7-2-1-3-8(19-7)12(15,16)17/h1-3,5,9H,4,6H2,(H,20,21,23). The predicted octanol–water partition coefficient (Wildman–Crippen LogP) is 2.14. The van der Waals surface area contributed by atoms with E-state index in [1.165, 1.54) is 6.07 Å². The molecule has 6 nitrogen and oxygen atoms in total. The van der Waals surface area contributed by atoms with E-state index in [1.807, 2.05) is 0 Å². The Labute approximate surface area is 126 Å². The van der Waals surface area contributed by atoms with Gasteiger partial charge in [0.15, 0.2) is 5.82 Å². The maximum atomic E-state index is 12.5. The van der Waals surface area contributed by atoms with E-state index in [0.29, 0.717) is 4.80 Å². The predicted molar refractivity (Wildman–Crippen MR) is 67.6 cm³/mol. The lowest BCUT2D eigenvalue weighted by Crippen LogP contribution is -2.17. The zero-order valence-electron chi connectivity index (χ0n) is 11.4. The van der Waals surface area contributed by atoms with E-state index in [4.69, 9.17) is 0 Å². The summed E-state index contributed by atoms with van der Waals surface area (Å²) in [5, 5.41) is 9.33. The summed E-state index contributed by atoms with van der Waals surface area (Å²) in [7, 11) is 0. The van der Waals surface area contributed by atoms with Gasteiger partial charge in [-0.1, -0.05) is 6.07 Å². The van der Waals surface area contributed by atoms with Gasteiger partial charge in [-0.05, 0) is 12.1 Å². The molecule has 0 saturated heterocycles. The number of amides is 1. The van der Waals surface area contributed by atoms with Gasteiger partial charge in [-0.25, -0.2) is 13.8 Å². The van der Waals surface area contributed by atoms with Gasteiger partial charge in [0.05, 0.1) is 18.3 Å². The summed E-state index contributed by atoms with van der Waals surface area (Å²) < 4.78 is 61.8. The number of nitrogens with zero attached hydrogens (tertiary/aromatic N) is 4. The van der Waals surface area contributed by atoms with E-state index in [9.17, 15) is 26.7 Å². The van der Waals surface area contributed by atoms with E-state index >= 15 is 0 Å². The zero-order valence-corrected chi connectivity index (χ0v) is 11.4. The van der Waals surface area contributed by atoms with Gasteiger partial charge in [0, 0.05) is 0 Å². The SMILES string of the molecule is O=C(Cc1cccc(C(F)(F)F)n1)Nc1cnn(CC(F)F)n1. The molecule has 0 aromatic carbocycles. The first kappa shape index (κ1) is 16.8. The minimum Gasteiger partial charge on any atom is -0.308 e. The molecule has 0 radical (unpaired) electrons. The van der Waals surface area contributed by atoms with E-state index in [0.717, 1.165) is 18.3 Å². The molecular weight excluding hydrogens is 325 g/mol. The summed E-state index contributed by atoms with van der Waals surface area (Å²) >= 11 is 0. The van der Waals surface area contributed by atoms with Gasteiger partial charge in [-0.2, -0.15) is 23.1 Å². The molecule has 0 atom stereocenters. The van der Waals surface area contributed by atoms with Crippen molar-refractivity contribution < 1.29 is 26.7 Å². The molecule has 2 aromatic rings. The second-order valence-electron chi connectivity index (χ2n) is 4.41. The maximum Gasteiger partial charge on any atom is 0.433 e. The van der Waals surface area contributed by atoms with Crippen LogP contribution < -0.4 is 5.32 Å². The Hall–Kier alpha value is -2.59. The number of nitrogens with one attached hydrogen (secondary N) is 1. The first-order valence-corrected chi connectivity index (χ1v) is 6.25. The highest BCUT2D eigenvalue weighted by molar-refractivity contribution is 5.90. The van der Waals surface area contributed by atoms with Crippen molar-refractivity contribution in [1.82, 2.24) is 20.0 Å². The first-order valence-electron chi connectivity index (χ1n) is 6.25. The minimum absolute atomic E-state index is 0.0809. The van der Waals surface area contributed by atoms with Crippen molar-refractivity contribution in [3.05, 3.63) is 35.8 Å². The first-order chi connectivity index (χ1) is 10.7. The molecule has 2 aromatic heterocycles. The molecule has 0 saturated carbocycles. The number of carbonyl (C=O) groups is 1. The number of carbonyl (C=O) groups excluding carboxylic acids is 1. The summed E-state index contributed by atoms with van der Waals surface area (Å²) in [6.07, 6.45) is -6.63. The summed E-state index contributed by atoms with van der Waals surface area (Å²) in [6, 6.07) is 3.19. The molecule has 124 valence electrons. The number of hydrogen-bond acceptors (Lipinski definition) is 4. The number of aromatic nitrogens is 4. The van der Waals surface area contributed by atoms with Crippen molar-refractivity contribution in [2.24, 2.45) is 0 Å². The van der Waals surface area contributed by atoms with Crippen LogP contribution in [0.15, 0.2) is 24.4 Å². The molecule has 0 aliphatic carbocycles. The Kier molecular flexibility index (Phi) is 4.86. The molecule has 2 heterocycles. The van der Waals surface area contributed by atoms with Crippen LogP contribution in [0.2, 0.25) is 0 Å². The van der Waals surface area contributed by atoms with Crippen molar-refractivity contribution in [2.75, 3.05) is 5.32 Å². The topological polar surface area (TPSA) is 72.7 Å². The Bertz CT molecular complexity index is 684. The van der Waals surface area contributed by atoms with Crippen molar-refractivity contribution >= 4 is 11.7 Å². The third-order valence-electron chi connectivity index (χ3n) is 2.54. The molecule has 11 heteroatoms. The lowest BCUT2D eigenvalue weighted by Gasteiger charge is -2.07. The van der Waals surface area contributed by atoms with Crippen LogP contribution in [0.25, 0.3) is 0 Å². The van der Waals surface area contributed by atoms with Crippen molar-refractivity contribution in [3.63, 3.8) is 0 Å². The maximum absolute atomic E-state index is 12.5. The Morgan fingerprint density at radius 1 is 1.30 bits per heavy atom. The van der Waals surface area contributed by atoms with Gasteiger partial charge in [-0.3, -0.25) is 4.79 Å². The fourth-order valence-corrected chi connectivity index (χ4v) is 1.65. The number of hydrogen-bond donors (Lipinski definition) is 1. The van der Waals surface area contributed by atoms with Gasteiger partial charge >= 0.3 is 6.18 Å². The molecule has 0 aliphatic heterocycles. The number of anilines is 1. The average molecular weight is 335 g/mol. The van der Waals surface area contributed by atoms with Crippen LogP contribution in [0.3, 0.4) is 0 Å². The number of pyridine rings is 1. The molecule has 0 fully saturated rings. The van der Waals surface area contributed by atoms with Gasteiger partial charge in [0.25, 0.3) is 6.43 Å². The van der Waals surface area contributed by atoms with E-state index in [2.05, 4.69) is 20.5 Å². The quantitative estimate of drug-likeness (QED) is 0.850. The van der Waals surface area contributed by atoms with Gasteiger partial charge < -0.3 is 5.32 Å². The van der Waals surface area contributed by atoms with E-state index < -0.39 is 37.2 Å². The fraction of sp³-hybridized carbons (Fsp3) is 0.333. The van der Waals surface area contributed by atoms with E-state index in [-0.39, 0.29) is 11.5 Å². The van der Waals surface area contributed by atoms with Crippen LogP contribution in [0.1, 0.15) is 11.4 Å². The normalized spacial score (nSPS) is 11.7. The van der Waals surface area contributed by atoms with Gasteiger partial charge in [0.1, 0.15) is 12.2 Å². The summed E-state index contributed by atoms with van der Waals surface area (Å²) in [4.78, 5) is 15.8. The monoisotopic (exact) mass is 335 g/mol. The Morgan fingerprint density at radius 3 is 2.70 bits per heavy atom.